The van der Waals surface area contributed by atoms with E-state index in [0.29, 0.717) is 113 Å². The number of aromatic nitrogens is 4. The number of benzene rings is 2. The van der Waals surface area contributed by atoms with Gasteiger partial charge in [0.25, 0.3) is 0 Å². The van der Waals surface area contributed by atoms with E-state index in [1.807, 2.05) is 84.2 Å². The predicted molar refractivity (Wildman–Crippen MR) is 314 cm³/mol. The van der Waals surface area contributed by atoms with Gasteiger partial charge in [0.2, 0.25) is 17.7 Å². The average Bonchev–Trinajstić information content (AvgIpc) is 3.45. The first-order valence-corrected chi connectivity index (χ1v) is 26.9. The van der Waals surface area contributed by atoms with Crippen LogP contribution < -0.4 is 35.2 Å². The molecular formula is C57H88N12O12. The molecule has 0 unspecified atom stereocenters. The molecular weight excluding hydrogens is 1040 g/mol. The Labute approximate surface area is 478 Å². The number of ether oxygens (including phenoxy) is 6. The summed E-state index contributed by atoms with van der Waals surface area (Å²) in [5.41, 5.74) is 0.482. The van der Waals surface area contributed by atoms with Crippen LogP contribution in [0.25, 0.3) is 0 Å². The summed E-state index contributed by atoms with van der Waals surface area (Å²) in [5.74, 6) is 1.13. The van der Waals surface area contributed by atoms with Gasteiger partial charge in [-0.3, -0.25) is 10.1 Å². The molecule has 2 aliphatic heterocycles. The summed E-state index contributed by atoms with van der Waals surface area (Å²) >= 11 is 0. The standard InChI is InChI=1S/C29H44N6O5.C26H36N6O7.2CH4/c1-8-34(9-2)27-30-19-24(31-20(3)4)25(33-27)32-23(26(36)40-29(5,6)7)18-21-10-12-22(13-11-21)39-28(37)35-14-16-38-17-15-35;1-6-30(7-2)24-27-17-21(32(35)36)22(29-24)28-20(23(33)39-26(3,4)5)16-18-8-10-19(11-9-18)38-25(34)31-12-14-37-15-13-31;;/h10-13,19-20,23,31H,8-9,14-18H2,1-7H3,(H,30,32,33);8-11,17,20H,6-7,12-16H2,1-5H3,(H,27,28,29);2*1H4/t23-;20-;;/m00../s1. The smallest absolute Gasteiger partial charge is 0.415 e. The van der Waals surface area contributed by atoms with Crippen LogP contribution in [0.2, 0.25) is 0 Å². The van der Waals surface area contributed by atoms with E-state index in [1.54, 1.807) is 73.2 Å². The Morgan fingerprint density at radius 2 is 0.988 bits per heavy atom. The Morgan fingerprint density at radius 3 is 1.35 bits per heavy atom. The Kier molecular flexibility index (Phi) is 26.7. The van der Waals surface area contributed by atoms with Gasteiger partial charge < -0.3 is 64.0 Å². The lowest BCUT2D eigenvalue weighted by atomic mass is 10.0. The normalized spacial score (nSPS) is 14.0. The van der Waals surface area contributed by atoms with Gasteiger partial charge in [-0.1, -0.05) is 39.1 Å². The van der Waals surface area contributed by atoms with Gasteiger partial charge in [-0.15, -0.1) is 0 Å². The van der Waals surface area contributed by atoms with Gasteiger partial charge in [-0.05, 0) is 118 Å². The zero-order valence-corrected chi connectivity index (χ0v) is 47.8. The Hall–Kier alpha value is -7.60. The van der Waals surface area contributed by atoms with E-state index >= 15 is 0 Å². The highest BCUT2D eigenvalue weighted by Crippen LogP contribution is 2.28. The molecule has 2 aliphatic rings. The van der Waals surface area contributed by atoms with Crippen molar-refractivity contribution in [3.8, 4) is 11.5 Å². The summed E-state index contributed by atoms with van der Waals surface area (Å²) in [7, 11) is 0. The molecule has 4 heterocycles. The number of anilines is 5. The molecule has 0 saturated carbocycles. The lowest BCUT2D eigenvalue weighted by molar-refractivity contribution is -0.384. The molecule has 0 aliphatic carbocycles. The van der Waals surface area contributed by atoms with Crippen molar-refractivity contribution >= 4 is 59.0 Å². The number of esters is 2. The summed E-state index contributed by atoms with van der Waals surface area (Å²) in [5, 5.41) is 21.4. The molecule has 24 heteroatoms. The van der Waals surface area contributed by atoms with E-state index in [-0.39, 0.29) is 38.8 Å². The highest BCUT2D eigenvalue weighted by atomic mass is 16.6. The molecule has 6 rings (SSSR count). The summed E-state index contributed by atoms with van der Waals surface area (Å²) in [4.78, 5) is 87.4. The van der Waals surface area contributed by atoms with E-state index in [2.05, 4.69) is 30.9 Å². The minimum atomic E-state index is -0.996. The first-order valence-electron chi connectivity index (χ1n) is 26.9. The number of nitrogens with zero attached hydrogens (tertiary/aromatic N) is 9. The van der Waals surface area contributed by atoms with Crippen molar-refractivity contribution in [1.82, 2.24) is 29.7 Å². The van der Waals surface area contributed by atoms with Crippen LogP contribution in [0.5, 0.6) is 11.5 Å². The number of amides is 2. The summed E-state index contributed by atoms with van der Waals surface area (Å²) in [6.07, 6.45) is 2.48. The molecule has 2 atom stereocenters. The highest BCUT2D eigenvalue weighted by Gasteiger charge is 2.31. The number of hydrogen-bond acceptors (Lipinski definition) is 21. The van der Waals surface area contributed by atoms with Crippen molar-refractivity contribution in [3.63, 3.8) is 0 Å². The number of nitro groups is 1. The third kappa shape index (κ3) is 21.8. The van der Waals surface area contributed by atoms with Crippen LogP contribution in [-0.2, 0) is 41.4 Å². The van der Waals surface area contributed by atoms with Crippen molar-refractivity contribution in [2.75, 3.05) is 105 Å². The third-order valence-corrected chi connectivity index (χ3v) is 11.9. The van der Waals surface area contributed by atoms with Crippen molar-refractivity contribution in [2.24, 2.45) is 0 Å². The van der Waals surface area contributed by atoms with E-state index in [4.69, 9.17) is 33.4 Å². The van der Waals surface area contributed by atoms with Crippen molar-refractivity contribution in [1.29, 1.82) is 0 Å². The molecule has 2 saturated heterocycles. The fraction of sp³-hybridized carbons (Fsp3) is 0.579. The van der Waals surface area contributed by atoms with Gasteiger partial charge in [0.15, 0.2) is 5.82 Å². The largest absolute Gasteiger partial charge is 0.458 e. The maximum absolute atomic E-state index is 13.4. The van der Waals surface area contributed by atoms with E-state index < -0.39 is 52.3 Å². The van der Waals surface area contributed by atoms with Crippen molar-refractivity contribution in [2.45, 2.75) is 140 Å². The first kappa shape index (κ1) is 67.7. The van der Waals surface area contributed by atoms with Crippen LogP contribution in [0.15, 0.2) is 60.9 Å². The van der Waals surface area contributed by atoms with Gasteiger partial charge in [-0.2, -0.15) is 9.97 Å². The number of rotatable bonds is 21. The molecule has 0 bridgehead atoms. The molecule has 448 valence electrons. The fourth-order valence-corrected chi connectivity index (χ4v) is 7.97. The topological polar surface area (TPSA) is 267 Å². The Bertz CT molecular complexity index is 2610. The molecule has 2 aromatic carbocycles. The monoisotopic (exact) mass is 1130 g/mol. The molecule has 24 nitrogen and oxygen atoms in total. The maximum atomic E-state index is 13.4. The minimum absolute atomic E-state index is 0. The molecule has 0 radical (unpaired) electrons. The maximum Gasteiger partial charge on any atom is 0.415 e. The second-order valence-electron chi connectivity index (χ2n) is 20.8. The quantitative estimate of drug-likeness (QED) is 0.0399. The van der Waals surface area contributed by atoms with Crippen LogP contribution in [0.4, 0.5) is 44.5 Å². The summed E-state index contributed by atoms with van der Waals surface area (Å²) in [6, 6.07) is 12.3. The third-order valence-electron chi connectivity index (χ3n) is 11.9. The lowest BCUT2D eigenvalue weighted by Crippen LogP contribution is -2.42. The second-order valence-corrected chi connectivity index (χ2v) is 20.8. The summed E-state index contributed by atoms with van der Waals surface area (Å²) in [6.45, 7) is 29.3. The molecule has 3 N–H and O–H groups in total. The van der Waals surface area contributed by atoms with E-state index in [9.17, 15) is 29.3 Å². The SMILES string of the molecule is C.C.CCN(CC)c1ncc(NC(C)C)c(N[C@@H](Cc2ccc(OC(=O)N3CCOCC3)cc2)C(=O)OC(C)(C)C)n1.CCN(CC)c1ncc([N+](=O)[O-])c(N[C@@H](Cc2ccc(OC(=O)N3CCOCC3)cc2)C(=O)OC(C)(C)C)n1. The molecule has 0 spiro atoms. The Morgan fingerprint density at radius 1 is 0.617 bits per heavy atom. The van der Waals surface area contributed by atoms with Crippen molar-refractivity contribution in [3.05, 3.63) is 82.2 Å². The predicted octanol–water partition coefficient (Wildman–Crippen LogP) is 9.04. The van der Waals surface area contributed by atoms with E-state index in [0.717, 1.165) is 24.8 Å². The van der Waals surface area contributed by atoms with Gasteiger partial charge in [-0.25, -0.2) is 29.1 Å². The lowest BCUT2D eigenvalue weighted by Gasteiger charge is -2.27. The molecule has 81 heavy (non-hydrogen) atoms. The zero-order chi connectivity index (χ0) is 57.9. The van der Waals surface area contributed by atoms with Crippen molar-refractivity contribution < 1.29 is 52.5 Å². The number of carbonyl (C=O) groups is 4. The molecule has 2 amide bonds. The van der Waals surface area contributed by atoms with Crippen LogP contribution in [0.1, 0.15) is 109 Å². The molecule has 2 aromatic heterocycles. The second kappa shape index (κ2) is 32.0. The zero-order valence-electron chi connectivity index (χ0n) is 47.8. The number of carbonyl (C=O) groups excluding carboxylic acids is 4. The summed E-state index contributed by atoms with van der Waals surface area (Å²) < 4.78 is 32.9. The highest BCUT2D eigenvalue weighted by molar-refractivity contribution is 5.82. The number of morpholine rings is 2. The van der Waals surface area contributed by atoms with Gasteiger partial charge in [0.05, 0.1) is 43.2 Å². The minimum Gasteiger partial charge on any atom is -0.458 e. The van der Waals surface area contributed by atoms with E-state index in [1.165, 1.54) is 0 Å². The van der Waals surface area contributed by atoms with Crippen LogP contribution in [-0.4, -0.2) is 167 Å². The van der Waals surface area contributed by atoms with Gasteiger partial charge in [0.1, 0.15) is 41.0 Å². The van der Waals surface area contributed by atoms with Crippen LogP contribution >= 0.6 is 0 Å². The Balaban J connectivity index is 0.000000415. The number of hydrogen-bond donors (Lipinski definition) is 3. The van der Waals surface area contributed by atoms with Crippen LogP contribution in [0.3, 0.4) is 0 Å². The number of nitrogens with one attached hydrogen (secondary N) is 3. The fourth-order valence-electron chi connectivity index (χ4n) is 7.97. The average molecular weight is 1130 g/mol. The first-order chi connectivity index (χ1) is 37.5. The molecule has 4 aromatic rings. The van der Waals surface area contributed by atoms with Gasteiger partial charge in [0, 0.05) is 71.2 Å². The molecule has 2 fully saturated rings. The van der Waals surface area contributed by atoms with Gasteiger partial charge >= 0.3 is 29.8 Å². The van der Waals surface area contributed by atoms with Crippen LogP contribution in [0, 0.1) is 10.1 Å².